The average Bonchev–Trinajstić information content (AvgIpc) is 2.81. The van der Waals surface area contributed by atoms with Crippen LogP contribution in [0, 0.1) is 5.92 Å². The van der Waals surface area contributed by atoms with Gasteiger partial charge in [-0.2, -0.15) is 0 Å². The van der Waals surface area contributed by atoms with Crippen molar-refractivity contribution < 1.29 is 0 Å². The van der Waals surface area contributed by atoms with Crippen LogP contribution in [0.2, 0.25) is 0 Å². The van der Waals surface area contributed by atoms with Crippen molar-refractivity contribution in [3.63, 3.8) is 0 Å². The monoisotopic (exact) mass is 297 g/mol. The molecule has 2 unspecified atom stereocenters. The smallest absolute Gasteiger partial charge is 0.0592 e. The molecule has 1 fully saturated rings. The fourth-order valence-electron chi connectivity index (χ4n) is 2.89. The highest BCUT2D eigenvalue weighted by Crippen LogP contribution is 2.35. The summed E-state index contributed by atoms with van der Waals surface area (Å²) >= 11 is 3.59. The van der Waals surface area contributed by atoms with E-state index in [4.69, 9.17) is 5.73 Å². The summed E-state index contributed by atoms with van der Waals surface area (Å²) in [6, 6.07) is 2.67. The second kappa shape index (κ2) is 5.83. The van der Waals surface area contributed by atoms with E-state index in [0.717, 1.165) is 17.6 Å². The number of pyridine rings is 1. The highest BCUT2D eigenvalue weighted by molar-refractivity contribution is 9.10. The van der Waals surface area contributed by atoms with Gasteiger partial charge in [-0.3, -0.25) is 4.98 Å². The maximum atomic E-state index is 5.88. The Hall–Kier alpha value is -0.610. The zero-order valence-corrected chi connectivity index (χ0v) is 11.9. The third kappa shape index (κ3) is 2.63. The van der Waals surface area contributed by atoms with Crippen LogP contribution in [-0.2, 0) is 0 Å². The van der Waals surface area contributed by atoms with E-state index in [1.54, 1.807) is 0 Å². The molecule has 2 atom stereocenters. The summed E-state index contributed by atoms with van der Waals surface area (Å²) in [6.07, 6.45) is 7.54. The molecule has 17 heavy (non-hydrogen) atoms. The molecule has 94 valence electrons. The molecule has 0 aliphatic heterocycles. The van der Waals surface area contributed by atoms with Gasteiger partial charge in [0, 0.05) is 25.0 Å². The van der Waals surface area contributed by atoms with Crippen molar-refractivity contribution in [3.05, 3.63) is 22.9 Å². The lowest BCUT2D eigenvalue weighted by Gasteiger charge is -2.34. The van der Waals surface area contributed by atoms with Crippen LogP contribution in [0.25, 0.3) is 0 Å². The summed E-state index contributed by atoms with van der Waals surface area (Å²) in [6.45, 7) is 4.02. The van der Waals surface area contributed by atoms with Crippen molar-refractivity contribution in [3.8, 4) is 0 Å². The second-order valence-corrected chi connectivity index (χ2v) is 5.46. The van der Waals surface area contributed by atoms with Gasteiger partial charge in [0.2, 0.25) is 0 Å². The fourth-order valence-corrected chi connectivity index (χ4v) is 3.36. The first-order chi connectivity index (χ1) is 8.27. The van der Waals surface area contributed by atoms with Crippen LogP contribution in [0.1, 0.15) is 26.2 Å². The number of nitrogens with zero attached hydrogens (tertiary/aromatic N) is 2. The maximum absolute atomic E-state index is 5.88. The molecule has 1 aromatic rings. The minimum absolute atomic E-state index is 0.587. The third-order valence-corrected chi connectivity index (χ3v) is 4.33. The largest absolute Gasteiger partial charge is 0.367 e. The van der Waals surface area contributed by atoms with Gasteiger partial charge in [0.25, 0.3) is 0 Å². The molecule has 1 aliphatic rings. The van der Waals surface area contributed by atoms with Crippen molar-refractivity contribution in [2.75, 3.05) is 18.0 Å². The van der Waals surface area contributed by atoms with Gasteiger partial charge in [-0.15, -0.1) is 0 Å². The van der Waals surface area contributed by atoms with E-state index in [0.29, 0.717) is 12.0 Å². The summed E-state index contributed by atoms with van der Waals surface area (Å²) in [5.41, 5.74) is 7.13. The lowest BCUT2D eigenvalue weighted by atomic mass is 10.0. The molecule has 0 aromatic carbocycles. The molecule has 0 radical (unpaired) electrons. The van der Waals surface area contributed by atoms with E-state index < -0.39 is 0 Å². The Morgan fingerprint density at radius 2 is 2.35 bits per heavy atom. The number of hydrogen-bond donors (Lipinski definition) is 1. The number of rotatable bonds is 4. The highest BCUT2D eigenvalue weighted by atomic mass is 79.9. The van der Waals surface area contributed by atoms with Crippen molar-refractivity contribution in [1.82, 2.24) is 4.98 Å². The first-order valence-electron chi connectivity index (χ1n) is 6.34. The Bertz CT molecular complexity index is 369. The van der Waals surface area contributed by atoms with Crippen LogP contribution in [0.3, 0.4) is 0 Å². The molecule has 0 bridgehead atoms. The molecule has 1 saturated carbocycles. The van der Waals surface area contributed by atoms with E-state index in [1.807, 2.05) is 12.4 Å². The average molecular weight is 298 g/mol. The number of nitrogens with two attached hydrogens (primary N) is 1. The van der Waals surface area contributed by atoms with Crippen LogP contribution < -0.4 is 10.6 Å². The third-order valence-electron chi connectivity index (χ3n) is 3.72. The maximum Gasteiger partial charge on any atom is 0.0592 e. The summed E-state index contributed by atoms with van der Waals surface area (Å²) < 4.78 is 1.07. The lowest BCUT2D eigenvalue weighted by Crippen LogP contribution is -2.40. The van der Waals surface area contributed by atoms with Crippen molar-refractivity contribution in [1.29, 1.82) is 0 Å². The highest BCUT2D eigenvalue weighted by Gasteiger charge is 2.31. The summed E-state index contributed by atoms with van der Waals surface area (Å²) in [5.74, 6) is 0.634. The Labute approximate surface area is 112 Å². The van der Waals surface area contributed by atoms with Crippen LogP contribution >= 0.6 is 15.9 Å². The molecule has 4 heteroatoms. The first kappa shape index (κ1) is 12.8. The van der Waals surface area contributed by atoms with Crippen molar-refractivity contribution in [2.45, 2.75) is 32.2 Å². The molecule has 3 nitrogen and oxygen atoms in total. The Morgan fingerprint density at radius 3 is 3.00 bits per heavy atom. The van der Waals surface area contributed by atoms with Crippen LogP contribution in [-0.4, -0.2) is 24.1 Å². The van der Waals surface area contributed by atoms with Gasteiger partial charge in [0.15, 0.2) is 0 Å². The van der Waals surface area contributed by atoms with Gasteiger partial charge in [-0.1, -0.05) is 6.42 Å². The van der Waals surface area contributed by atoms with E-state index in [9.17, 15) is 0 Å². The van der Waals surface area contributed by atoms with E-state index in [2.05, 4.69) is 38.8 Å². The molecule has 2 N–H and O–H groups in total. The first-order valence-corrected chi connectivity index (χ1v) is 7.13. The molecule has 1 aromatic heterocycles. The zero-order valence-electron chi connectivity index (χ0n) is 10.3. The lowest BCUT2D eigenvalue weighted by molar-refractivity contribution is 0.461. The molecular formula is C13H20BrN3. The molecule has 1 heterocycles. The number of anilines is 1. The minimum atomic E-state index is 0.587. The Morgan fingerprint density at radius 1 is 1.53 bits per heavy atom. The molecule has 1 aliphatic carbocycles. The summed E-state index contributed by atoms with van der Waals surface area (Å²) in [7, 11) is 0. The second-order valence-electron chi connectivity index (χ2n) is 4.61. The Balaban J connectivity index is 2.24. The molecule has 0 saturated heterocycles. The molecule has 0 amide bonds. The molecule has 2 rings (SSSR count). The summed E-state index contributed by atoms with van der Waals surface area (Å²) in [5, 5.41) is 0. The van der Waals surface area contributed by atoms with Crippen molar-refractivity contribution >= 4 is 21.6 Å². The van der Waals surface area contributed by atoms with E-state index in [1.165, 1.54) is 24.9 Å². The minimum Gasteiger partial charge on any atom is -0.367 e. The Kier molecular flexibility index (Phi) is 4.40. The molecule has 0 spiro atoms. The topological polar surface area (TPSA) is 42.2 Å². The van der Waals surface area contributed by atoms with E-state index >= 15 is 0 Å². The zero-order chi connectivity index (χ0) is 12.3. The van der Waals surface area contributed by atoms with Crippen LogP contribution in [0.15, 0.2) is 22.9 Å². The van der Waals surface area contributed by atoms with Crippen molar-refractivity contribution in [2.24, 2.45) is 11.7 Å². The SMILES string of the molecule is CCN(c1ccncc1Br)C1CCCC1CN. The van der Waals surface area contributed by atoms with Gasteiger partial charge in [0.1, 0.15) is 0 Å². The molecular weight excluding hydrogens is 278 g/mol. The van der Waals surface area contributed by atoms with Gasteiger partial charge in [-0.05, 0) is 54.2 Å². The quantitative estimate of drug-likeness (QED) is 0.929. The summed E-state index contributed by atoms with van der Waals surface area (Å²) in [4.78, 5) is 6.60. The van der Waals surface area contributed by atoms with Gasteiger partial charge < -0.3 is 10.6 Å². The van der Waals surface area contributed by atoms with Crippen LogP contribution in [0.4, 0.5) is 5.69 Å². The predicted molar refractivity (Wildman–Crippen MR) is 75.1 cm³/mol. The number of halogens is 1. The standard InChI is InChI=1S/C13H20BrN3/c1-2-17(12-5-3-4-10(12)8-15)13-6-7-16-9-11(13)14/h6-7,9-10,12H,2-5,8,15H2,1H3. The van der Waals surface area contributed by atoms with Gasteiger partial charge >= 0.3 is 0 Å². The normalized spacial score (nSPS) is 23.9. The van der Waals surface area contributed by atoms with Gasteiger partial charge in [0.05, 0.1) is 10.2 Å². The predicted octanol–water partition coefficient (Wildman–Crippen LogP) is 2.80. The number of aromatic nitrogens is 1. The van der Waals surface area contributed by atoms with E-state index in [-0.39, 0.29) is 0 Å². The fraction of sp³-hybridized carbons (Fsp3) is 0.615. The van der Waals surface area contributed by atoms with Crippen LogP contribution in [0.5, 0.6) is 0 Å². The number of hydrogen-bond acceptors (Lipinski definition) is 3. The van der Waals surface area contributed by atoms with Gasteiger partial charge in [-0.25, -0.2) is 0 Å².